The maximum atomic E-state index is 12.3. The van der Waals surface area contributed by atoms with Gasteiger partial charge in [-0.1, -0.05) is 6.42 Å². The Hall–Kier alpha value is -0.200. The second kappa shape index (κ2) is 9.08. The minimum Gasteiger partial charge on any atom is -0.321 e. The largest absolute Gasteiger partial charge is 0.321 e. The van der Waals surface area contributed by atoms with Crippen LogP contribution in [0.5, 0.6) is 0 Å². The van der Waals surface area contributed by atoms with Crippen molar-refractivity contribution in [2.75, 3.05) is 5.75 Å². The second-order valence-corrected chi connectivity index (χ2v) is 12.5. The van der Waals surface area contributed by atoms with Crippen molar-refractivity contribution in [3.05, 3.63) is 44.8 Å². The maximum absolute atomic E-state index is 12.3. The molecule has 2 aromatic heterocycles. The zero-order valence-corrected chi connectivity index (χ0v) is 19.8. The second-order valence-electron chi connectivity index (χ2n) is 8.77. The van der Waals surface area contributed by atoms with E-state index in [1.54, 1.807) is 22.7 Å². The smallest absolute Gasteiger partial charge is 0.0417 e. The number of halogens is 1. The van der Waals surface area contributed by atoms with E-state index >= 15 is 0 Å². The first-order chi connectivity index (χ1) is 12.3. The van der Waals surface area contributed by atoms with Crippen LogP contribution in [0.1, 0.15) is 70.4 Å². The number of hydrogen-bond acceptors (Lipinski definition) is 4. The topological polar surface area (TPSA) is 43.1 Å². The van der Waals surface area contributed by atoms with Gasteiger partial charge in [-0.05, 0) is 97.7 Å². The van der Waals surface area contributed by atoms with Crippen LogP contribution in [0.15, 0.2) is 33.7 Å². The van der Waals surface area contributed by atoms with E-state index in [-0.39, 0.29) is 28.1 Å². The standard InChI is InChI=1S/C13H20OS2.C8H11NS.ClH/c1-12(2,3)16(14)10-13(6-4-7-13)11-5-8-15-9-11;9-8(3-1-4-8)7-2-5-10-6-7;/h5,8-9H,4,6-7,10H2,1-3H3;2,5-6H,1,3-4,9H2;1H. The summed E-state index contributed by atoms with van der Waals surface area (Å²) in [5, 5.41) is 8.63. The molecule has 0 aromatic carbocycles. The minimum atomic E-state index is -0.735. The van der Waals surface area contributed by atoms with Crippen molar-refractivity contribution in [1.82, 2.24) is 0 Å². The first-order valence-electron chi connectivity index (χ1n) is 9.48. The Morgan fingerprint density at radius 2 is 1.52 bits per heavy atom. The highest BCUT2D eigenvalue weighted by Crippen LogP contribution is 2.46. The summed E-state index contributed by atoms with van der Waals surface area (Å²) < 4.78 is 12.2. The molecule has 2 aromatic rings. The van der Waals surface area contributed by atoms with Crippen LogP contribution < -0.4 is 5.73 Å². The van der Waals surface area contributed by atoms with E-state index in [0.29, 0.717) is 0 Å². The van der Waals surface area contributed by atoms with Crippen molar-refractivity contribution in [2.45, 2.75) is 75.0 Å². The van der Waals surface area contributed by atoms with Crippen LogP contribution in [0.3, 0.4) is 0 Å². The van der Waals surface area contributed by atoms with E-state index < -0.39 is 10.8 Å². The monoisotopic (exact) mass is 445 g/mol. The molecule has 0 amide bonds. The van der Waals surface area contributed by atoms with Crippen LogP contribution in [0.4, 0.5) is 0 Å². The van der Waals surface area contributed by atoms with Gasteiger partial charge in [0.1, 0.15) is 0 Å². The van der Waals surface area contributed by atoms with Gasteiger partial charge < -0.3 is 5.73 Å². The van der Waals surface area contributed by atoms with E-state index in [0.717, 1.165) is 5.75 Å². The molecule has 2 aliphatic rings. The van der Waals surface area contributed by atoms with Crippen LogP contribution in [0.25, 0.3) is 0 Å². The lowest BCUT2D eigenvalue weighted by atomic mass is 9.67. The van der Waals surface area contributed by atoms with Gasteiger partial charge in [0.15, 0.2) is 0 Å². The highest BCUT2D eigenvalue weighted by atomic mass is 35.5. The fraction of sp³-hybridized carbons (Fsp3) is 0.619. The molecule has 152 valence electrons. The van der Waals surface area contributed by atoms with Crippen LogP contribution in [-0.4, -0.2) is 14.7 Å². The molecular weight excluding hydrogens is 414 g/mol. The van der Waals surface area contributed by atoms with Gasteiger partial charge in [0.25, 0.3) is 0 Å². The van der Waals surface area contributed by atoms with Crippen molar-refractivity contribution >= 4 is 45.9 Å². The molecule has 2 aliphatic carbocycles. The van der Waals surface area contributed by atoms with Crippen molar-refractivity contribution < 1.29 is 4.21 Å². The van der Waals surface area contributed by atoms with Gasteiger partial charge in [-0.25, -0.2) is 0 Å². The van der Waals surface area contributed by atoms with Gasteiger partial charge in [0, 0.05) is 32.3 Å². The number of rotatable bonds is 4. The normalized spacial score (nSPS) is 20.9. The van der Waals surface area contributed by atoms with Crippen LogP contribution in [0.2, 0.25) is 0 Å². The van der Waals surface area contributed by atoms with Crippen molar-refractivity contribution in [1.29, 1.82) is 0 Å². The lowest BCUT2D eigenvalue weighted by Gasteiger charge is -2.42. The molecule has 2 saturated carbocycles. The molecule has 2 nitrogen and oxygen atoms in total. The van der Waals surface area contributed by atoms with Gasteiger partial charge in [0.2, 0.25) is 0 Å². The third-order valence-electron chi connectivity index (χ3n) is 5.88. The summed E-state index contributed by atoms with van der Waals surface area (Å²) in [5.74, 6) is 0.841. The molecule has 1 unspecified atom stereocenters. The molecule has 2 heterocycles. The fourth-order valence-electron chi connectivity index (χ4n) is 3.55. The molecule has 0 aliphatic heterocycles. The first-order valence-corrected chi connectivity index (χ1v) is 12.7. The molecule has 1 atom stereocenters. The maximum Gasteiger partial charge on any atom is 0.0417 e. The summed E-state index contributed by atoms with van der Waals surface area (Å²) in [4.78, 5) is 0. The molecular formula is C21H32ClNOS3. The highest BCUT2D eigenvalue weighted by Gasteiger charge is 2.42. The van der Waals surface area contributed by atoms with E-state index in [1.165, 1.54) is 49.7 Å². The first kappa shape index (κ1) is 23.1. The summed E-state index contributed by atoms with van der Waals surface area (Å²) >= 11 is 3.49. The van der Waals surface area contributed by atoms with Crippen LogP contribution in [-0.2, 0) is 21.8 Å². The summed E-state index contributed by atoms with van der Waals surface area (Å²) in [6, 6.07) is 4.35. The van der Waals surface area contributed by atoms with Crippen molar-refractivity contribution in [2.24, 2.45) is 5.73 Å². The molecule has 0 radical (unpaired) electrons. The Balaban J connectivity index is 0.000000205. The van der Waals surface area contributed by atoms with Crippen molar-refractivity contribution in [3.8, 4) is 0 Å². The Morgan fingerprint density at radius 3 is 1.85 bits per heavy atom. The van der Waals surface area contributed by atoms with E-state index in [1.807, 2.05) is 0 Å². The lowest BCUT2D eigenvalue weighted by Crippen LogP contribution is -2.42. The van der Waals surface area contributed by atoms with Gasteiger partial charge in [-0.15, -0.1) is 12.4 Å². The highest BCUT2D eigenvalue weighted by molar-refractivity contribution is 7.86. The van der Waals surface area contributed by atoms with Crippen LogP contribution >= 0.6 is 35.1 Å². The molecule has 6 heteroatoms. The summed E-state index contributed by atoms with van der Waals surface area (Å²) in [5.41, 5.74) is 9.12. The third kappa shape index (κ3) is 5.24. The summed E-state index contributed by atoms with van der Waals surface area (Å²) in [7, 11) is -0.735. The molecule has 0 spiro atoms. The molecule has 4 rings (SSSR count). The number of thiophene rings is 2. The van der Waals surface area contributed by atoms with Crippen molar-refractivity contribution in [3.63, 3.8) is 0 Å². The molecule has 27 heavy (non-hydrogen) atoms. The summed E-state index contributed by atoms with van der Waals surface area (Å²) in [6.07, 6.45) is 7.36. The predicted molar refractivity (Wildman–Crippen MR) is 124 cm³/mol. The minimum absolute atomic E-state index is 0. The molecule has 0 bridgehead atoms. The van der Waals surface area contributed by atoms with Crippen LogP contribution in [0, 0.1) is 0 Å². The Bertz CT molecular complexity index is 711. The predicted octanol–water partition coefficient (Wildman–Crippen LogP) is 6.22. The average molecular weight is 446 g/mol. The number of nitrogens with two attached hydrogens (primary N) is 1. The zero-order valence-electron chi connectivity index (χ0n) is 16.5. The fourth-order valence-corrected chi connectivity index (χ4v) is 6.48. The van der Waals surface area contributed by atoms with Gasteiger partial charge in [0.05, 0.1) is 0 Å². The Kier molecular flexibility index (Phi) is 7.76. The number of hydrogen-bond donors (Lipinski definition) is 1. The molecule has 0 saturated heterocycles. The van der Waals surface area contributed by atoms with E-state index in [4.69, 9.17) is 5.73 Å². The Labute approximate surface area is 180 Å². The average Bonchev–Trinajstić information content (AvgIpc) is 3.21. The quantitative estimate of drug-likeness (QED) is 0.606. The van der Waals surface area contributed by atoms with E-state index in [9.17, 15) is 4.21 Å². The zero-order chi connectivity index (χ0) is 18.8. The summed E-state index contributed by atoms with van der Waals surface area (Å²) in [6.45, 7) is 6.22. The lowest BCUT2D eigenvalue weighted by molar-refractivity contribution is 0.254. The Morgan fingerprint density at radius 1 is 1.00 bits per heavy atom. The van der Waals surface area contributed by atoms with Gasteiger partial charge >= 0.3 is 0 Å². The van der Waals surface area contributed by atoms with Gasteiger partial charge in [-0.2, -0.15) is 22.7 Å². The molecule has 2 fully saturated rings. The van der Waals surface area contributed by atoms with E-state index in [2.05, 4.69) is 54.4 Å². The SMILES string of the molecule is CC(C)(C)S(=O)CC1(c2ccsc2)CCC1.Cl.NC1(c2ccsc2)CCC1. The van der Waals surface area contributed by atoms with Gasteiger partial charge in [-0.3, -0.25) is 4.21 Å². The molecule has 2 N–H and O–H groups in total. The third-order valence-corrected chi connectivity index (χ3v) is 9.42.